The first-order chi connectivity index (χ1) is 20.8. The molecule has 2 rings (SSSR count). The van der Waals surface area contributed by atoms with Gasteiger partial charge in [-0.2, -0.15) is 0 Å². The van der Waals surface area contributed by atoms with E-state index in [-0.39, 0.29) is 61.6 Å². The zero-order chi connectivity index (χ0) is 33.0. The first kappa shape index (κ1) is 35.2. The zero-order valence-corrected chi connectivity index (χ0v) is 25.3. The van der Waals surface area contributed by atoms with Crippen molar-refractivity contribution in [1.82, 2.24) is 4.90 Å². The van der Waals surface area contributed by atoms with E-state index in [0.717, 1.165) is 4.90 Å². The normalized spacial score (nSPS) is 13.2. The van der Waals surface area contributed by atoms with Gasteiger partial charge in [0.25, 0.3) is 0 Å². The minimum atomic E-state index is -2.07. The fraction of sp³-hybridized carbons (Fsp3) is 0.375. The van der Waals surface area contributed by atoms with Crippen molar-refractivity contribution < 1.29 is 43.7 Å². The standard InChI is InChI=1S/C32H39N3O9/c1-5-25(29(38)39)32(6-2,31(41)42)35(18-8-9-26(36)43-7-3)28(37)20(4)19-21-10-12-23(13-11-21)30(40)44-24-16-14-22(15-17-24)27(33)34/h10-17,19,25H,5-9,18H2,1-4H3,(H3,33,34)(H,38,39)(H,41,42)/b20-19+/t25?,32-/m0/s1. The molecule has 0 heterocycles. The monoisotopic (exact) mass is 609 g/mol. The van der Waals surface area contributed by atoms with Gasteiger partial charge in [0.05, 0.1) is 18.1 Å². The maximum Gasteiger partial charge on any atom is 0.343 e. The minimum Gasteiger partial charge on any atom is -0.481 e. The molecule has 2 atom stereocenters. The number of benzene rings is 2. The van der Waals surface area contributed by atoms with Gasteiger partial charge in [0, 0.05) is 24.1 Å². The Kier molecular flexibility index (Phi) is 12.8. The van der Waals surface area contributed by atoms with Crippen molar-refractivity contribution in [1.29, 1.82) is 5.41 Å². The molecule has 5 N–H and O–H groups in total. The lowest BCUT2D eigenvalue weighted by molar-refractivity contribution is -0.171. The van der Waals surface area contributed by atoms with Gasteiger partial charge in [-0.25, -0.2) is 9.59 Å². The van der Waals surface area contributed by atoms with Crippen LogP contribution in [-0.4, -0.2) is 69.4 Å². The summed E-state index contributed by atoms with van der Waals surface area (Å²) in [5.74, 6) is -5.91. The number of nitrogens with two attached hydrogens (primary N) is 1. The number of carbonyl (C=O) groups is 5. The Morgan fingerprint density at radius 2 is 1.57 bits per heavy atom. The van der Waals surface area contributed by atoms with Crippen LogP contribution in [0.2, 0.25) is 0 Å². The summed E-state index contributed by atoms with van der Waals surface area (Å²) in [5, 5.41) is 27.7. The van der Waals surface area contributed by atoms with Crippen molar-refractivity contribution in [3.05, 3.63) is 70.8 Å². The van der Waals surface area contributed by atoms with Gasteiger partial charge in [0.2, 0.25) is 5.91 Å². The SMILES string of the molecule is CCOC(=O)CCCN(C(=O)/C(C)=C/c1ccc(C(=O)Oc2ccc(C(=N)N)cc2)cc1)[C@](CC)(C(=O)O)C(CC)C(=O)O. The molecular weight excluding hydrogens is 570 g/mol. The molecule has 1 amide bonds. The lowest BCUT2D eigenvalue weighted by Gasteiger charge is -2.43. The van der Waals surface area contributed by atoms with Crippen molar-refractivity contribution in [3.8, 4) is 5.75 Å². The van der Waals surface area contributed by atoms with E-state index in [9.17, 15) is 34.2 Å². The molecule has 0 saturated heterocycles. The number of rotatable bonds is 16. The van der Waals surface area contributed by atoms with Gasteiger partial charge in [0.15, 0.2) is 5.54 Å². The molecule has 0 fully saturated rings. The molecule has 2 aromatic carbocycles. The fourth-order valence-corrected chi connectivity index (χ4v) is 4.96. The van der Waals surface area contributed by atoms with Gasteiger partial charge in [-0.15, -0.1) is 0 Å². The van der Waals surface area contributed by atoms with E-state index >= 15 is 0 Å². The first-order valence-electron chi connectivity index (χ1n) is 14.2. The van der Waals surface area contributed by atoms with Crippen LogP contribution in [0.5, 0.6) is 5.75 Å². The van der Waals surface area contributed by atoms with Gasteiger partial charge in [-0.1, -0.05) is 26.0 Å². The Morgan fingerprint density at radius 1 is 0.977 bits per heavy atom. The summed E-state index contributed by atoms with van der Waals surface area (Å²) in [5.41, 5.74) is 4.72. The maximum absolute atomic E-state index is 13.8. The summed E-state index contributed by atoms with van der Waals surface area (Å²) < 4.78 is 10.3. The number of hydrogen-bond acceptors (Lipinski definition) is 8. The Bertz CT molecular complexity index is 1400. The van der Waals surface area contributed by atoms with Crippen molar-refractivity contribution in [3.63, 3.8) is 0 Å². The first-order valence-corrected chi connectivity index (χ1v) is 14.2. The van der Waals surface area contributed by atoms with Crippen molar-refractivity contribution in [2.75, 3.05) is 13.2 Å². The Labute approximate surface area is 256 Å². The third-order valence-electron chi connectivity index (χ3n) is 7.23. The molecule has 12 heteroatoms. The van der Waals surface area contributed by atoms with E-state index in [1.54, 1.807) is 38.1 Å². The number of amidine groups is 1. The highest BCUT2D eigenvalue weighted by molar-refractivity contribution is 6.01. The number of aliphatic carboxylic acids is 2. The van der Waals surface area contributed by atoms with Gasteiger partial charge in [-0.3, -0.25) is 19.8 Å². The molecule has 1 unspecified atom stereocenters. The summed E-state index contributed by atoms with van der Waals surface area (Å²) in [4.78, 5) is 64.4. The lowest BCUT2D eigenvalue weighted by Crippen LogP contribution is -2.63. The highest BCUT2D eigenvalue weighted by Gasteiger charge is 2.53. The molecule has 0 spiro atoms. The van der Waals surface area contributed by atoms with Crippen LogP contribution < -0.4 is 10.5 Å². The minimum absolute atomic E-state index is 0.0433. The van der Waals surface area contributed by atoms with Gasteiger partial charge in [0.1, 0.15) is 11.6 Å². The van der Waals surface area contributed by atoms with Gasteiger partial charge >= 0.3 is 23.9 Å². The lowest BCUT2D eigenvalue weighted by atomic mass is 9.77. The molecule has 2 aromatic rings. The van der Waals surface area contributed by atoms with Gasteiger partial charge < -0.3 is 30.3 Å². The average molecular weight is 610 g/mol. The summed E-state index contributed by atoms with van der Waals surface area (Å²) in [7, 11) is 0. The molecule has 0 aliphatic carbocycles. The van der Waals surface area contributed by atoms with Crippen LogP contribution in [0.25, 0.3) is 6.08 Å². The molecule has 236 valence electrons. The van der Waals surface area contributed by atoms with Crippen LogP contribution in [-0.2, 0) is 23.9 Å². The summed E-state index contributed by atoms with van der Waals surface area (Å²) in [6.07, 6.45) is 1.26. The Morgan fingerprint density at radius 3 is 2.05 bits per heavy atom. The number of nitrogens with zero attached hydrogens (tertiary/aromatic N) is 1. The van der Waals surface area contributed by atoms with E-state index < -0.39 is 41.2 Å². The number of amides is 1. The number of ether oxygens (including phenoxy) is 2. The van der Waals surface area contributed by atoms with Crippen LogP contribution >= 0.6 is 0 Å². The number of hydrogen-bond donors (Lipinski definition) is 4. The van der Waals surface area contributed by atoms with Crippen LogP contribution in [0.3, 0.4) is 0 Å². The second-order valence-electron chi connectivity index (χ2n) is 10.0. The van der Waals surface area contributed by atoms with Crippen LogP contribution in [0, 0.1) is 11.3 Å². The van der Waals surface area contributed by atoms with E-state index in [0.29, 0.717) is 11.1 Å². The highest BCUT2D eigenvalue weighted by atomic mass is 16.5. The fourth-order valence-electron chi connectivity index (χ4n) is 4.96. The number of carboxylic acids is 2. The molecule has 0 bridgehead atoms. The smallest absolute Gasteiger partial charge is 0.343 e. The zero-order valence-electron chi connectivity index (χ0n) is 25.3. The van der Waals surface area contributed by atoms with E-state index in [2.05, 4.69) is 0 Å². The quantitative estimate of drug-likeness (QED) is 0.0706. The van der Waals surface area contributed by atoms with E-state index in [1.165, 1.54) is 44.2 Å². The molecular formula is C32H39N3O9. The number of esters is 2. The molecule has 12 nitrogen and oxygen atoms in total. The molecule has 0 aliphatic rings. The summed E-state index contributed by atoms with van der Waals surface area (Å²) >= 11 is 0. The number of carboxylic acid groups (broad SMARTS) is 2. The molecule has 0 aliphatic heterocycles. The van der Waals surface area contributed by atoms with Gasteiger partial charge in [-0.05, 0) is 81.1 Å². The molecule has 0 saturated carbocycles. The van der Waals surface area contributed by atoms with Crippen LogP contribution in [0.4, 0.5) is 0 Å². The van der Waals surface area contributed by atoms with Crippen molar-refractivity contribution in [2.24, 2.45) is 11.7 Å². The average Bonchev–Trinajstić information content (AvgIpc) is 2.98. The maximum atomic E-state index is 13.8. The Balaban J connectivity index is 2.36. The largest absolute Gasteiger partial charge is 0.481 e. The third-order valence-corrected chi connectivity index (χ3v) is 7.23. The van der Waals surface area contributed by atoms with Crippen molar-refractivity contribution in [2.45, 2.75) is 58.9 Å². The highest BCUT2D eigenvalue weighted by Crippen LogP contribution is 2.34. The third kappa shape index (κ3) is 8.52. The van der Waals surface area contributed by atoms with E-state index in [1.807, 2.05) is 0 Å². The summed E-state index contributed by atoms with van der Waals surface area (Å²) in [6, 6.07) is 12.3. The predicted molar refractivity (Wildman–Crippen MR) is 162 cm³/mol. The second kappa shape index (κ2) is 16.0. The second-order valence-corrected chi connectivity index (χ2v) is 10.0. The number of nitrogens with one attached hydrogen (secondary N) is 1. The number of carbonyl (C=O) groups excluding carboxylic acids is 3. The predicted octanol–water partition coefficient (Wildman–Crippen LogP) is 4.11. The molecule has 0 radical (unpaired) electrons. The number of nitrogen functional groups attached to an aromatic ring is 1. The van der Waals surface area contributed by atoms with Crippen LogP contribution in [0.1, 0.15) is 74.9 Å². The molecule has 44 heavy (non-hydrogen) atoms. The topological polar surface area (TPSA) is 197 Å². The van der Waals surface area contributed by atoms with E-state index in [4.69, 9.17) is 20.6 Å². The molecule has 0 aromatic heterocycles. The van der Waals surface area contributed by atoms with Crippen LogP contribution in [0.15, 0.2) is 54.1 Å². The van der Waals surface area contributed by atoms with Crippen molar-refractivity contribution >= 4 is 41.7 Å². The summed E-state index contributed by atoms with van der Waals surface area (Å²) in [6.45, 7) is 6.17. The Hall–Kier alpha value is -5.00.